The van der Waals surface area contributed by atoms with Crippen molar-refractivity contribution in [1.82, 2.24) is 5.32 Å². The third-order valence-corrected chi connectivity index (χ3v) is 3.54. The summed E-state index contributed by atoms with van der Waals surface area (Å²) in [6.45, 7) is 3.65. The Balaban J connectivity index is 2.01. The summed E-state index contributed by atoms with van der Waals surface area (Å²) in [5.74, 6) is -1.40. The molecule has 0 saturated heterocycles. The van der Waals surface area contributed by atoms with Crippen LogP contribution in [0, 0.1) is 6.92 Å². The molecule has 2 amide bonds. The lowest BCUT2D eigenvalue weighted by Gasteiger charge is -2.14. The van der Waals surface area contributed by atoms with Crippen LogP contribution in [0.3, 0.4) is 0 Å². The molecular formula is C17H17ClN2O2. The molecule has 5 heteroatoms. The first kappa shape index (κ1) is 16.0. The molecule has 2 aromatic rings. The summed E-state index contributed by atoms with van der Waals surface area (Å²) in [7, 11) is 0. The average Bonchev–Trinajstić information content (AvgIpc) is 2.51. The molecule has 2 aromatic carbocycles. The summed E-state index contributed by atoms with van der Waals surface area (Å²) in [6, 6.07) is 14.3. The van der Waals surface area contributed by atoms with Gasteiger partial charge < -0.3 is 10.6 Å². The summed E-state index contributed by atoms with van der Waals surface area (Å²) in [5.41, 5.74) is 2.30. The highest BCUT2D eigenvalue weighted by Gasteiger charge is 2.17. The normalized spacial score (nSPS) is 11.6. The zero-order valence-electron chi connectivity index (χ0n) is 12.4. The number of carbonyl (C=O) groups is 2. The second-order valence-electron chi connectivity index (χ2n) is 5.02. The number of aryl methyl sites for hydroxylation is 1. The highest BCUT2D eigenvalue weighted by Crippen LogP contribution is 2.20. The molecule has 2 rings (SSSR count). The Hall–Kier alpha value is -2.33. The van der Waals surface area contributed by atoms with E-state index in [9.17, 15) is 9.59 Å². The molecule has 0 saturated carbocycles. The maximum absolute atomic E-state index is 12.0. The highest BCUT2D eigenvalue weighted by molar-refractivity contribution is 6.40. The van der Waals surface area contributed by atoms with Gasteiger partial charge in [0.2, 0.25) is 0 Å². The van der Waals surface area contributed by atoms with E-state index in [2.05, 4.69) is 10.6 Å². The Labute approximate surface area is 134 Å². The van der Waals surface area contributed by atoms with E-state index in [4.69, 9.17) is 11.6 Å². The molecule has 2 N–H and O–H groups in total. The number of rotatable bonds is 3. The van der Waals surface area contributed by atoms with E-state index in [1.54, 1.807) is 18.2 Å². The number of anilines is 1. The molecule has 0 bridgehead atoms. The number of amides is 2. The van der Waals surface area contributed by atoms with E-state index >= 15 is 0 Å². The fourth-order valence-corrected chi connectivity index (χ4v) is 2.17. The Morgan fingerprint density at radius 3 is 2.41 bits per heavy atom. The smallest absolute Gasteiger partial charge is 0.313 e. The standard InChI is InChI=1S/C17H17ClN2O2/c1-11-8-9-14(18)10-15(11)20-17(22)16(21)19-12(2)13-6-4-3-5-7-13/h3-10,12H,1-2H3,(H,19,21)(H,20,22). The lowest BCUT2D eigenvalue weighted by atomic mass is 10.1. The van der Waals surface area contributed by atoms with Crippen LogP contribution in [0.2, 0.25) is 5.02 Å². The first-order valence-corrected chi connectivity index (χ1v) is 7.28. The van der Waals surface area contributed by atoms with Gasteiger partial charge in [-0.1, -0.05) is 48.0 Å². The fourth-order valence-electron chi connectivity index (χ4n) is 2.00. The summed E-state index contributed by atoms with van der Waals surface area (Å²) in [5, 5.41) is 5.74. The number of hydrogen-bond donors (Lipinski definition) is 2. The molecule has 0 aliphatic rings. The molecule has 4 nitrogen and oxygen atoms in total. The van der Waals surface area contributed by atoms with Crippen LogP contribution in [0.5, 0.6) is 0 Å². The van der Waals surface area contributed by atoms with Crippen molar-refractivity contribution in [2.45, 2.75) is 19.9 Å². The van der Waals surface area contributed by atoms with Crippen molar-refractivity contribution in [3.8, 4) is 0 Å². The van der Waals surface area contributed by atoms with E-state index in [1.807, 2.05) is 44.2 Å². The molecule has 22 heavy (non-hydrogen) atoms. The molecule has 0 aliphatic carbocycles. The van der Waals surface area contributed by atoms with Crippen molar-refractivity contribution < 1.29 is 9.59 Å². The Morgan fingerprint density at radius 2 is 1.73 bits per heavy atom. The van der Waals surface area contributed by atoms with Crippen molar-refractivity contribution in [2.24, 2.45) is 0 Å². The topological polar surface area (TPSA) is 58.2 Å². The second kappa shape index (κ2) is 7.09. The SMILES string of the molecule is Cc1ccc(Cl)cc1NC(=O)C(=O)NC(C)c1ccccc1. The van der Waals surface area contributed by atoms with Gasteiger partial charge >= 0.3 is 11.8 Å². The van der Waals surface area contributed by atoms with Crippen LogP contribution in [0.1, 0.15) is 24.1 Å². The molecule has 114 valence electrons. The molecule has 0 heterocycles. The molecule has 1 unspecified atom stereocenters. The summed E-state index contributed by atoms with van der Waals surface area (Å²) in [4.78, 5) is 23.9. The van der Waals surface area contributed by atoms with Crippen molar-refractivity contribution in [3.05, 3.63) is 64.7 Å². The van der Waals surface area contributed by atoms with Gasteiger partial charge in [0.15, 0.2) is 0 Å². The first-order valence-electron chi connectivity index (χ1n) is 6.90. The molecule has 0 aliphatic heterocycles. The van der Waals surface area contributed by atoms with Crippen molar-refractivity contribution in [1.29, 1.82) is 0 Å². The Kier molecular flexibility index (Phi) is 5.17. The minimum Gasteiger partial charge on any atom is -0.341 e. The van der Waals surface area contributed by atoms with E-state index in [0.29, 0.717) is 10.7 Å². The minimum atomic E-state index is -0.715. The zero-order chi connectivity index (χ0) is 16.1. The van der Waals surface area contributed by atoms with Crippen molar-refractivity contribution in [2.75, 3.05) is 5.32 Å². The Bertz CT molecular complexity index is 686. The molecule has 0 fully saturated rings. The molecule has 1 atom stereocenters. The van der Waals surface area contributed by atoms with Crippen LogP contribution in [-0.4, -0.2) is 11.8 Å². The van der Waals surface area contributed by atoms with Crippen LogP contribution in [0.25, 0.3) is 0 Å². The number of halogens is 1. The van der Waals surface area contributed by atoms with Gasteiger partial charge in [-0.2, -0.15) is 0 Å². The van der Waals surface area contributed by atoms with Gasteiger partial charge in [0.1, 0.15) is 0 Å². The van der Waals surface area contributed by atoms with Gasteiger partial charge in [-0.15, -0.1) is 0 Å². The predicted molar refractivity (Wildman–Crippen MR) is 87.8 cm³/mol. The van der Waals surface area contributed by atoms with Crippen molar-refractivity contribution >= 4 is 29.1 Å². The zero-order valence-corrected chi connectivity index (χ0v) is 13.1. The molecule has 0 aromatic heterocycles. The van der Waals surface area contributed by atoms with E-state index in [-0.39, 0.29) is 6.04 Å². The monoisotopic (exact) mass is 316 g/mol. The third-order valence-electron chi connectivity index (χ3n) is 3.30. The lowest BCUT2D eigenvalue weighted by molar-refractivity contribution is -0.136. The average molecular weight is 317 g/mol. The predicted octanol–water partition coefficient (Wildman–Crippen LogP) is 3.46. The molecule has 0 radical (unpaired) electrons. The van der Waals surface area contributed by atoms with Gasteiger partial charge in [0.25, 0.3) is 0 Å². The van der Waals surface area contributed by atoms with E-state index < -0.39 is 11.8 Å². The summed E-state index contributed by atoms with van der Waals surface area (Å²) in [6.07, 6.45) is 0. The number of benzene rings is 2. The van der Waals surface area contributed by atoms with Crippen LogP contribution >= 0.6 is 11.6 Å². The van der Waals surface area contributed by atoms with Crippen LogP contribution < -0.4 is 10.6 Å². The van der Waals surface area contributed by atoms with Crippen LogP contribution in [0.4, 0.5) is 5.69 Å². The maximum atomic E-state index is 12.0. The largest absolute Gasteiger partial charge is 0.341 e. The Morgan fingerprint density at radius 1 is 1.05 bits per heavy atom. The summed E-state index contributed by atoms with van der Waals surface area (Å²) < 4.78 is 0. The summed E-state index contributed by atoms with van der Waals surface area (Å²) >= 11 is 5.89. The van der Waals surface area contributed by atoms with Crippen LogP contribution in [0.15, 0.2) is 48.5 Å². The van der Waals surface area contributed by atoms with Gasteiger partial charge in [-0.3, -0.25) is 9.59 Å². The minimum absolute atomic E-state index is 0.250. The van der Waals surface area contributed by atoms with Crippen LogP contribution in [-0.2, 0) is 9.59 Å². The molecular weight excluding hydrogens is 300 g/mol. The van der Waals surface area contributed by atoms with E-state index in [1.165, 1.54) is 0 Å². The molecule has 0 spiro atoms. The quantitative estimate of drug-likeness (QED) is 0.852. The van der Waals surface area contributed by atoms with Gasteiger partial charge in [-0.25, -0.2) is 0 Å². The van der Waals surface area contributed by atoms with Gasteiger partial charge in [0, 0.05) is 10.7 Å². The number of nitrogens with one attached hydrogen (secondary N) is 2. The van der Waals surface area contributed by atoms with E-state index in [0.717, 1.165) is 11.1 Å². The first-order chi connectivity index (χ1) is 10.5. The fraction of sp³-hybridized carbons (Fsp3) is 0.176. The number of carbonyl (C=O) groups excluding carboxylic acids is 2. The van der Waals surface area contributed by atoms with Gasteiger partial charge in [-0.05, 0) is 37.1 Å². The second-order valence-corrected chi connectivity index (χ2v) is 5.46. The highest BCUT2D eigenvalue weighted by atomic mass is 35.5. The number of hydrogen-bond acceptors (Lipinski definition) is 2. The lowest BCUT2D eigenvalue weighted by Crippen LogP contribution is -2.37. The maximum Gasteiger partial charge on any atom is 0.313 e. The third kappa shape index (κ3) is 4.09. The van der Waals surface area contributed by atoms with Gasteiger partial charge in [0.05, 0.1) is 6.04 Å². The van der Waals surface area contributed by atoms with Crippen molar-refractivity contribution in [3.63, 3.8) is 0 Å².